The van der Waals surface area contributed by atoms with Crippen molar-refractivity contribution in [1.29, 1.82) is 0 Å². The molecule has 1 saturated carbocycles. The Balaban J connectivity index is 1.74. The van der Waals surface area contributed by atoms with E-state index < -0.39 is 0 Å². The van der Waals surface area contributed by atoms with Crippen LogP contribution in [0.5, 0.6) is 0 Å². The summed E-state index contributed by atoms with van der Waals surface area (Å²) in [4.78, 5) is 2.14. The Morgan fingerprint density at radius 3 is 2.35 bits per heavy atom. The predicted octanol–water partition coefficient (Wildman–Crippen LogP) is 2.83. The van der Waals surface area contributed by atoms with Crippen LogP contribution in [-0.4, -0.2) is 26.7 Å². The van der Waals surface area contributed by atoms with E-state index in [9.17, 15) is 0 Å². The van der Waals surface area contributed by atoms with Crippen LogP contribution in [0.4, 0.5) is 5.69 Å². The van der Waals surface area contributed by atoms with E-state index in [4.69, 9.17) is 0 Å². The van der Waals surface area contributed by atoms with Crippen molar-refractivity contribution in [3.05, 3.63) is 29.8 Å². The molecule has 1 aromatic carbocycles. The minimum atomic E-state index is 0.788. The second-order valence-electron chi connectivity index (χ2n) is 5.25. The second kappa shape index (κ2) is 6.06. The number of nitrogens with one attached hydrogen (secondary N) is 1. The van der Waals surface area contributed by atoms with Gasteiger partial charge in [0.15, 0.2) is 0 Å². The lowest BCUT2D eigenvalue weighted by Crippen LogP contribution is -2.27. The average Bonchev–Trinajstić information content (AvgIpc) is 2.83. The van der Waals surface area contributed by atoms with Gasteiger partial charge in [-0.15, -0.1) is 0 Å². The van der Waals surface area contributed by atoms with Gasteiger partial charge in [0.1, 0.15) is 0 Å². The van der Waals surface area contributed by atoms with Gasteiger partial charge in [0.2, 0.25) is 0 Å². The van der Waals surface area contributed by atoms with E-state index in [1.165, 1.54) is 36.9 Å². The van der Waals surface area contributed by atoms with Crippen LogP contribution in [-0.2, 0) is 6.42 Å². The van der Waals surface area contributed by atoms with E-state index >= 15 is 0 Å². The van der Waals surface area contributed by atoms with Crippen LogP contribution in [0.1, 0.15) is 31.2 Å². The first kappa shape index (κ1) is 12.4. The van der Waals surface area contributed by atoms with Gasteiger partial charge >= 0.3 is 0 Å². The van der Waals surface area contributed by atoms with Gasteiger partial charge in [0.05, 0.1) is 0 Å². The molecule has 1 aliphatic carbocycles. The molecule has 2 nitrogen and oxygen atoms in total. The van der Waals surface area contributed by atoms with Crippen LogP contribution in [0.15, 0.2) is 24.3 Å². The second-order valence-corrected chi connectivity index (χ2v) is 5.25. The molecule has 0 bridgehead atoms. The van der Waals surface area contributed by atoms with Gasteiger partial charge < -0.3 is 10.2 Å². The third-order valence-electron chi connectivity index (χ3n) is 3.65. The van der Waals surface area contributed by atoms with Gasteiger partial charge in [0.25, 0.3) is 0 Å². The quantitative estimate of drug-likeness (QED) is 0.840. The first-order chi connectivity index (χ1) is 8.25. The lowest BCUT2D eigenvalue weighted by molar-refractivity contribution is 0.528. The zero-order valence-electron chi connectivity index (χ0n) is 11.1. The van der Waals surface area contributed by atoms with Gasteiger partial charge in [0, 0.05) is 25.8 Å². The number of anilines is 1. The predicted molar refractivity (Wildman–Crippen MR) is 74.7 cm³/mol. The van der Waals surface area contributed by atoms with Gasteiger partial charge in [-0.2, -0.15) is 0 Å². The zero-order valence-corrected chi connectivity index (χ0v) is 11.1. The monoisotopic (exact) mass is 232 g/mol. The van der Waals surface area contributed by atoms with Crippen LogP contribution in [0, 0.1) is 0 Å². The highest BCUT2D eigenvalue weighted by Gasteiger charge is 2.13. The molecule has 0 spiro atoms. The number of rotatable bonds is 5. The standard InChI is InChI=1S/C15H24N2/c1-17(2)15-9-7-13(8-10-15)11-12-16-14-5-3-4-6-14/h7-10,14,16H,3-6,11-12H2,1-2H3. The molecular weight excluding hydrogens is 208 g/mol. The molecule has 94 valence electrons. The molecule has 0 amide bonds. The number of benzene rings is 1. The Bertz CT molecular complexity index is 323. The molecule has 17 heavy (non-hydrogen) atoms. The Labute approximate surface area is 105 Å². The summed E-state index contributed by atoms with van der Waals surface area (Å²) in [5.74, 6) is 0. The summed E-state index contributed by atoms with van der Waals surface area (Å²) >= 11 is 0. The molecular formula is C15H24N2. The molecule has 0 aliphatic heterocycles. The molecule has 1 aromatic rings. The minimum Gasteiger partial charge on any atom is -0.378 e. The zero-order chi connectivity index (χ0) is 12.1. The molecule has 1 N–H and O–H groups in total. The summed E-state index contributed by atoms with van der Waals surface area (Å²) in [5.41, 5.74) is 2.71. The first-order valence-corrected chi connectivity index (χ1v) is 6.75. The van der Waals surface area contributed by atoms with E-state index in [-0.39, 0.29) is 0 Å². The van der Waals surface area contributed by atoms with Crippen molar-refractivity contribution in [2.75, 3.05) is 25.5 Å². The van der Waals surface area contributed by atoms with E-state index in [1.54, 1.807) is 0 Å². The van der Waals surface area contributed by atoms with Crippen molar-refractivity contribution in [2.24, 2.45) is 0 Å². The topological polar surface area (TPSA) is 15.3 Å². The molecule has 0 aromatic heterocycles. The van der Waals surface area contributed by atoms with Gasteiger partial charge in [-0.3, -0.25) is 0 Å². The fraction of sp³-hybridized carbons (Fsp3) is 0.600. The van der Waals surface area contributed by atoms with Crippen molar-refractivity contribution in [1.82, 2.24) is 5.32 Å². The van der Waals surface area contributed by atoms with Crippen LogP contribution >= 0.6 is 0 Å². The molecule has 0 unspecified atom stereocenters. The van der Waals surface area contributed by atoms with E-state index in [2.05, 4.69) is 48.6 Å². The third-order valence-corrected chi connectivity index (χ3v) is 3.65. The van der Waals surface area contributed by atoms with Gasteiger partial charge in [-0.05, 0) is 43.5 Å². The molecule has 0 heterocycles. The van der Waals surface area contributed by atoms with Crippen molar-refractivity contribution in [3.8, 4) is 0 Å². The number of hydrogen-bond donors (Lipinski definition) is 1. The first-order valence-electron chi connectivity index (χ1n) is 6.75. The van der Waals surface area contributed by atoms with E-state index in [1.807, 2.05) is 0 Å². The highest BCUT2D eigenvalue weighted by molar-refractivity contribution is 5.45. The fourth-order valence-corrected chi connectivity index (χ4v) is 2.51. The summed E-state index contributed by atoms with van der Waals surface area (Å²) in [6, 6.07) is 9.67. The maximum atomic E-state index is 3.66. The maximum absolute atomic E-state index is 3.66. The Morgan fingerprint density at radius 2 is 1.76 bits per heavy atom. The molecule has 0 atom stereocenters. The summed E-state index contributed by atoms with van der Waals surface area (Å²) in [7, 11) is 4.16. The highest BCUT2D eigenvalue weighted by Crippen LogP contribution is 2.17. The lowest BCUT2D eigenvalue weighted by Gasteiger charge is -2.14. The largest absolute Gasteiger partial charge is 0.378 e. The van der Waals surface area contributed by atoms with Crippen molar-refractivity contribution < 1.29 is 0 Å². The molecule has 0 radical (unpaired) electrons. The lowest BCUT2D eigenvalue weighted by atomic mass is 10.1. The molecule has 2 rings (SSSR count). The van der Waals surface area contributed by atoms with Crippen LogP contribution in [0.3, 0.4) is 0 Å². The number of hydrogen-bond acceptors (Lipinski definition) is 2. The molecule has 2 heteroatoms. The molecule has 1 aliphatic rings. The van der Waals surface area contributed by atoms with Crippen molar-refractivity contribution in [2.45, 2.75) is 38.1 Å². The molecule has 0 saturated heterocycles. The Hall–Kier alpha value is -1.02. The van der Waals surface area contributed by atoms with Crippen LogP contribution < -0.4 is 10.2 Å². The van der Waals surface area contributed by atoms with Crippen LogP contribution in [0.2, 0.25) is 0 Å². The smallest absolute Gasteiger partial charge is 0.0361 e. The molecule has 1 fully saturated rings. The minimum absolute atomic E-state index is 0.788. The third kappa shape index (κ3) is 3.74. The maximum Gasteiger partial charge on any atom is 0.0361 e. The fourth-order valence-electron chi connectivity index (χ4n) is 2.51. The van der Waals surface area contributed by atoms with Crippen LogP contribution in [0.25, 0.3) is 0 Å². The SMILES string of the molecule is CN(C)c1ccc(CCNC2CCCC2)cc1. The van der Waals surface area contributed by atoms with Gasteiger partial charge in [-0.1, -0.05) is 25.0 Å². The highest BCUT2D eigenvalue weighted by atomic mass is 15.1. The van der Waals surface area contributed by atoms with Gasteiger partial charge in [-0.25, -0.2) is 0 Å². The van der Waals surface area contributed by atoms with E-state index in [0.29, 0.717) is 0 Å². The number of nitrogens with zero attached hydrogens (tertiary/aromatic N) is 1. The average molecular weight is 232 g/mol. The van der Waals surface area contributed by atoms with Crippen molar-refractivity contribution in [3.63, 3.8) is 0 Å². The Morgan fingerprint density at radius 1 is 1.12 bits per heavy atom. The Kier molecular flexibility index (Phi) is 4.43. The van der Waals surface area contributed by atoms with Crippen molar-refractivity contribution >= 4 is 5.69 Å². The van der Waals surface area contributed by atoms with E-state index in [0.717, 1.165) is 19.0 Å². The summed E-state index contributed by atoms with van der Waals surface area (Å²) in [5, 5.41) is 3.66. The normalized spacial score (nSPS) is 16.4. The summed E-state index contributed by atoms with van der Waals surface area (Å²) in [6.45, 7) is 1.12. The summed E-state index contributed by atoms with van der Waals surface area (Å²) in [6.07, 6.45) is 6.72. The summed E-state index contributed by atoms with van der Waals surface area (Å²) < 4.78 is 0.